The molecule has 0 aromatic heterocycles. The number of methoxy groups -OCH3 is 1. The first-order valence-corrected chi connectivity index (χ1v) is 9.35. The molecule has 0 saturated carbocycles. The Morgan fingerprint density at radius 1 is 1.18 bits per heavy atom. The van der Waals surface area contributed by atoms with E-state index in [1.54, 1.807) is 63.4 Å². The third-order valence-corrected chi connectivity index (χ3v) is 5.27. The van der Waals surface area contributed by atoms with Crippen molar-refractivity contribution in [1.82, 2.24) is 0 Å². The van der Waals surface area contributed by atoms with E-state index in [1.165, 1.54) is 4.90 Å². The third-order valence-electron chi connectivity index (χ3n) is 4.86. The van der Waals surface area contributed by atoms with E-state index in [-0.39, 0.29) is 17.3 Å². The monoisotopic (exact) mass is 399 g/mol. The molecule has 1 atom stereocenters. The van der Waals surface area contributed by atoms with Gasteiger partial charge in [-0.3, -0.25) is 14.5 Å². The van der Waals surface area contributed by atoms with E-state index >= 15 is 0 Å². The Hall–Kier alpha value is -2.79. The molecule has 2 aromatic rings. The summed E-state index contributed by atoms with van der Waals surface area (Å²) in [5, 5.41) is 11.1. The highest BCUT2D eigenvalue weighted by atomic mass is 35.5. The second kappa shape index (κ2) is 7.68. The lowest BCUT2D eigenvalue weighted by Crippen LogP contribution is -2.31. The van der Waals surface area contributed by atoms with Crippen molar-refractivity contribution in [2.45, 2.75) is 26.8 Å². The van der Waals surface area contributed by atoms with Crippen LogP contribution in [0, 0.1) is 12.8 Å². The maximum atomic E-state index is 12.9. The first-order valence-electron chi connectivity index (χ1n) is 8.97. The number of hydrogen-bond acceptors (Lipinski definition) is 4. The van der Waals surface area contributed by atoms with Gasteiger partial charge < -0.3 is 9.84 Å². The Morgan fingerprint density at radius 2 is 1.82 bits per heavy atom. The van der Waals surface area contributed by atoms with Crippen molar-refractivity contribution in [3.05, 3.63) is 69.9 Å². The van der Waals surface area contributed by atoms with Gasteiger partial charge >= 0.3 is 0 Å². The topological polar surface area (TPSA) is 66.8 Å². The minimum atomic E-state index is -0.743. The maximum absolute atomic E-state index is 12.9. The molecule has 3 rings (SSSR count). The number of nitrogens with zero attached hydrogens (tertiary/aromatic N) is 1. The number of carbonyl (C=O) groups is 2. The van der Waals surface area contributed by atoms with Gasteiger partial charge in [-0.05, 0) is 42.3 Å². The molecule has 0 aliphatic carbocycles. The largest absolute Gasteiger partial charge is 0.503 e. The number of ketones is 1. The molecule has 5 nitrogen and oxygen atoms in total. The Morgan fingerprint density at radius 3 is 2.36 bits per heavy atom. The van der Waals surface area contributed by atoms with E-state index < -0.39 is 17.7 Å². The molecule has 0 fully saturated rings. The number of Topliss-reactive ketones (excluding diaryl/α,β-unsaturated/α-hetero) is 1. The van der Waals surface area contributed by atoms with E-state index in [1.807, 2.05) is 6.92 Å². The SMILES string of the molecule is COc1ccc(C2C(C(=O)C(C)C)=C(O)C(=O)N2c2ccc(C)c(Cl)c2)cc1. The standard InChI is InChI=1S/C22H22ClNO4/c1-12(2)20(25)18-19(14-6-9-16(28-4)10-7-14)24(22(27)21(18)26)15-8-5-13(3)17(23)11-15/h5-12,19,26H,1-4H3. The summed E-state index contributed by atoms with van der Waals surface area (Å²) in [4.78, 5) is 27.2. The minimum absolute atomic E-state index is 0.0989. The average Bonchev–Trinajstić information content (AvgIpc) is 2.94. The van der Waals surface area contributed by atoms with Crippen LogP contribution in [-0.4, -0.2) is 23.9 Å². The molecule has 6 heteroatoms. The molecule has 2 aromatic carbocycles. The first-order chi connectivity index (χ1) is 13.3. The van der Waals surface area contributed by atoms with Gasteiger partial charge in [-0.15, -0.1) is 0 Å². The number of halogens is 1. The average molecular weight is 400 g/mol. The van der Waals surface area contributed by atoms with Gasteiger partial charge in [-0.2, -0.15) is 0 Å². The smallest absolute Gasteiger partial charge is 0.294 e. The molecular weight excluding hydrogens is 378 g/mol. The quantitative estimate of drug-likeness (QED) is 0.785. The fourth-order valence-electron chi connectivity index (χ4n) is 3.27. The van der Waals surface area contributed by atoms with Gasteiger partial charge in [0.1, 0.15) is 5.75 Å². The fraction of sp³-hybridized carbons (Fsp3) is 0.273. The molecule has 0 spiro atoms. The van der Waals surface area contributed by atoms with Gasteiger partial charge in [0.25, 0.3) is 5.91 Å². The Labute approximate surface area is 169 Å². The van der Waals surface area contributed by atoms with Gasteiger partial charge in [0.15, 0.2) is 11.5 Å². The second-order valence-corrected chi connectivity index (χ2v) is 7.47. The lowest BCUT2D eigenvalue weighted by molar-refractivity contribution is -0.119. The number of aliphatic hydroxyl groups is 1. The van der Waals surface area contributed by atoms with Gasteiger partial charge in [0, 0.05) is 16.6 Å². The summed E-state index contributed by atoms with van der Waals surface area (Å²) in [5.74, 6) is -1.12. The summed E-state index contributed by atoms with van der Waals surface area (Å²) >= 11 is 6.26. The molecule has 0 bridgehead atoms. The minimum Gasteiger partial charge on any atom is -0.503 e. The van der Waals surface area contributed by atoms with Gasteiger partial charge in [0.05, 0.1) is 18.7 Å². The predicted molar refractivity (Wildman–Crippen MR) is 109 cm³/mol. The predicted octanol–water partition coefficient (Wildman–Crippen LogP) is 4.78. The summed E-state index contributed by atoms with van der Waals surface area (Å²) in [6.07, 6.45) is 0. The summed E-state index contributed by atoms with van der Waals surface area (Å²) < 4.78 is 5.20. The molecule has 0 saturated heterocycles. The number of aliphatic hydroxyl groups excluding tert-OH is 1. The van der Waals surface area contributed by atoms with Crippen molar-refractivity contribution in [2.24, 2.45) is 5.92 Å². The van der Waals surface area contributed by atoms with Gasteiger partial charge in [-0.1, -0.05) is 43.6 Å². The Bertz CT molecular complexity index is 963. The fourth-order valence-corrected chi connectivity index (χ4v) is 3.44. The lowest BCUT2D eigenvalue weighted by atomic mass is 9.91. The van der Waals surface area contributed by atoms with Crippen LogP contribution in [0.3, 0.4) is 0 Å². The molecule has 1 aliphatic rings. The zero-order chi connectivity index (χ0) is 20.6. The van der Waals surface area contributed by atoms with Crippen LogP contribution in [0.25, 0.3) is 0 Å². The van der Waals surface area contributed by atoms with Crippen molar-refractivity contribution in [2.75, 3.05) is 12.0 Å². The van der Waals surface area contributed by atoms with E-state index in [9.17, 15) is 14.7 Å². The lowest BCUT2D eigenvalue weighted by Gasteiger charge is -2.27. The summed E-state index contributed by atoms with van der Waals surface area (Å²) in [6, 6.07) is 11.6. The Balaban J connectivity index is 2.18. The maximum Gasteiger partial charge on any atom is 0.294 e. The van der Waals surface area contributed by atoms with E-state index in [0.717, 1.165) is 5.56 Å². The normalized spacial score (nSPS) is 16.9. The first kappa shape index (κ1) is 20.0. The molecule has 1 unspecified atom stereocenters. The van der Waals surface area contributed by atoms with E-state index in [2.05, 4.69) is 0 Å². The molecule has 1 aliphatic heterocycles. The molecule has 1 N–H and O–H groups in total. The highest BCUT2D eigenvalue weighted by molar-refractivity contribution is 6.31. The highest BCUT2D eigenvalue weighted by Crippen LogP contribution is 2.42. The van der Waals surface area contributed by atoms with Crippen LogP contribution in [0.4, 0.5) is 5.69 Å². The van der Waals surface area contributed by atoms with E-state index in [4.69, 9.17) is 16.3 Å². The summed E-state index contributed by atoms with van der Waals surface area (Å²) in [6.45, 7) is 5.34. The van der Waals surface area contributed by atoms with E-state index in [0.29, 0.717) is 22.0 Å². The molecular formula is C22H22ClNO4. The van der Waals surface area contributed by atoms with Crippen molar-refractivity contribution in [3.63, 3.8) is 0 Å². The van der Waals surface area contributed by atoms with Crippen molar-refractivity contribution in [1.29, 1.82) is 0 Å². The summed E-state index contributed by atoms with van der Waals surface area (Å²) in [7, 11) is 1.56. The van der Waals surface area contributed by atoms with Crippen LogP contribution in [0.1, 0.15) is 31.0 Å². The third kappa shape index (κ3) is 3.38. The van der Waals surface area contributed by atoms with Crippen molar-refractivity contribution < 1.29 is 19.4 Å². The number of amides is 1. The molecule has 28 heavy (non-hydrogen) atoms. The number of aryl methyl sites for hydroxylation is 1. The van der Waals surface area contributed by atoms with Crippen LogP contribution < -0.4 is 9.64 Å². The number of ether oxygens (including phenoxy) is 1. The van der Waals surface area contributed by atoms with Gasteiger partial charge in [0.2, 0.25) is 0 Å². The number of benzene rings is 2. The van der Waals surface area contributed by atoms with Crippen molar-refractivity contribution in [3.8, 4) is 5.75 Å². The number of rotatable bonds is 5. The molecule has 1 heterocycles. The molecule has 146 valence electrons. The Kier molecular flexibility index (Phi) is 5.47. The van der Waals surface area contributed by atoms with Crippen LogP contribution >= 0.6 is 11.6 Å². The number of carbonyl (C=O) groups excluding carboxylic acids is 2. The van der Waals surface area contributed by atoms with Crippen LogP contribution in [0.15, 0.2) is 53.8 Å². The highest BCUT2D eigenvalue weighted by Gasteiger charge is 2.44. The van der Waals surface area contributed by atoms with Crippen molar-refractivity contribution >= 4 is 29.0 Å². The van der Waals surface area contributed by atoms with Crippen LogP contribution in [-0.2, 0) is 9.59 Å². The molecule has 1 amide bonds. The van der Waals surface area contributed by atoms with Crippen LogP contribution in [0.5, 0.6) is 5.75 Å². The second-order valence-electron chi connectivity index (χ2n) is 7.07. The van der Waals surface area contributed by atoms with Gasteiger partial charge in [-0.25, -0.2) is 0 Å². The zero-order valence-corrected chi connectivity index (χ0v) is 16.9. The van der Waals surface area contributed by atoms with Crippen LogP contribution in [0.2, 0.25) is 5.02 Å². The summed E-state index contributed by atoms with van der Waals surface area (Å²) in [5.41, 5.74) is 2.18. The number of hydrogen-bond donors (Lipinski definition) is 1. The number of anilines is 1. The zero-order valence-electron chi connectivity index (χ0n) is 16.2. The molecule has 0 radical (unpaired) electrons.